The molecule has 4 heteroatoms. The van der Waals surface area contributed by atoms with Crippen LogP contribution < -0.4 is 5.73 Å². The maximum atomic E-state index is 12.2. The Labute approximate surface area is 104 Å². The van der Waals surface area contributed by atoms with Crippen molar-refractivity contribution in [1.29, 1.82) is 0 Å². The minimum atomic E-state index is -0.807. The molecule has 100 valence electrons. The van der Waals surface area contributed by atoms with E-state index in [-0.39, 0.29) is 5.91 Å². The highest BCUT2D eigenvalue weighted by molar-refractivity contribution is 5.85. The highest BCUT2D eigenvalue weighted by atomic mass is 16.3. The molecule has 1 atom stereocenters. The molecule has 0 aliphatic heterocycles. The molecule has 4 nitrogen and oxygen atoms in total. The third-order valence-corrected chi connectivity index (χ3v) is 3.67. The van der Waals surface area contributed by atoms with Gasteiger partial charge in [0.1, 0.15) is 0 Å². The predicted octanol–water partition coefficient (Wildman–Crippen LogP) is 1.27. The first-order valence-electron chi connectivity index (χ1n) is 6.57. The molecule has 0 saturated heterocycles. The van der Waals surface area contributed by atoms with Crippen LogP contribution in [0.25, 0.3) is 0 Å². The molecule has 0 aromatic rings. The number of carbonyl (C=O) groups is 1. The first-order valence-corrected chi connectivity index (χ1v) is 6.57. The fourth-order valence-corrected chi connectivity index (χ4v) is 2.77. The van der Waals surface area contributed by atoms with Gasteiger partial charge in [-0.15, -0.1) is 0 Å². The summed E-state index contributed by atoms with van der Waals surface area (Å²) in [5.74, 6) is -0.0697. The number of likely N-dealkylation sites (N-methyl/N-ethyl adjacent to an activating group) is 1. The highest BCUT2D eigenvalue weighted by Crippen LogP contribution is 2.30. The second kappa shape index (κ2) is 5.36. The van der Waals surface area contributed by atoms with E-state index in [1.165, 1.54) is 0 Å². The van der Waals surface area contributed by atoms with Crippen molar-refractivity contribution in [1.82, 2.24) is 4.90 Å². The average Bonchev–Trinajstić information content (AvgIpc) is 2.63. The summed E-state index contributed by atoms with van der Waals surface area (Å²) in [5.41, 5.74) is 4.52. The molecular weight excluding hydrogens is 216 g/mol. The minimum absolute atomic E-state index is 0.0697. The molecule has 1 amide bonds. The van der Waals surface area contributed by atoms with Gasteiger partial charge in [0, 0.05) is 13.6 Å². The summed E-state index contributed by atoms with van der Waals surface area (Å²) in [7, 11) is 1.74. The van der Waals surface area contributed by atoms with E-state index in [0.29, 0.717) is 13.0 Å². The fourth-order valence-electron chi connectivity index (χ4n) is 2.77. The summed E-state index contributed by atoms with van der Waals surface area (Å²) >= 11 is 0. The van der Waals surface area contributed by atoms with Crippen molar-refractivity contribution in [2.24, 2.45) is 5.73 Å². The Balaban J connectivity index is 2.57. The van der Waals surface area contributed by atoms with Crippen molar-refractivity contribution in [2.75, 3.05) is 13.6 Å². The van der Waals surface area contributed by atoms with E-state index in [4.69, 9.17) is 5.73 Å². The maximum absolute atomic E-state index is 12.2. The van der Waals surface area contributed by atoms with Gasteiger partial charge in [-0.2, -0.15) is 0 Å². The summed E-state index contributed by atoms with van der Waals surface area (Å²) in [6.07, 6.45) is 5.24. The molecule has 17 heavy (non-hydrogen) atoms. The zero-order valence-corrected chi connectivity index (χ0v) is 11.3. The van der Waals surface area contributed by atoms with Crippen molar-refractivity contribution in [2.45, 2.75) is 63.5 Å². The molecular formula is C13H26N2O2. The molecule has 0 radical (unpaired) electrons. The molecule has 1 saturated carbocycles. The van der Waals surface area contributed by atoms with E-state index in [2.05, 4.69) is 0 Å². The summed E-state index contributed by atoms with van der Waals surface area (Å²) in [4.78, 5) is 13.8. The summed E-state index contributed by atoms with van der Waals surface area (Å²) in [6, 6.07) is 0. The van der Waals surface area contributed by atoms with Crippen molar-refractivity contribution in [3.05, 3.63) is 0 Å². The van der Waals surface area contributed by atoms with Gasteiger partial charge in [-0.1, -0.05) is 26.2 Å². The first-order chi connectivity index (χ1) is 7.81. The lowest BCUT2D eigenvalue weighted by Crippen LogP contribution is -2.55. The fraction of sp³-hybridized carbons (Fsp3) is 0.923. The SMILES string of the molecule is CCCC(C)(N)C(=O)N(C)CC1(O)CCCC1. The lowest BCUT2D eigenvalue weighted by atomic mass is 9.94. The van der Waals surface area contributed by atoms with Gasteiger partial charge in [-0.25, -0.2) is 0 Å². The molecule has 1 unspecified atom stereocenters. The molecule has 0 heterocycles. The Kier molecular flexibility index (Phi) is 4.55. The summed E-state index contributed by atoms with van der Waals surface area (Å²) in [6.45, 7) is 4.19. The zero-order chi connectivity index (χ0) is 13.1. The van der Waals surface area contributed by atoms with Gasteiger partial charge >= 0.3 is 0 Å². The van der Waals surface area contributed by atoms with Gasteiger partial charge in [0.2, 0.25) is 5.91 Å². The van der Waals surface area contributed by atoms with Gasteiger partial charge in [-0.3, -0.25) is 4.79 Å². The van der Waals surface area contributed by atoms with Crippen LogP contribution in [0.2, 0.25) is 0 Å². The number of carbonyl (C=O) groups excluding carboxylic acids is 1. The quantitative estimate of drug-likeness (QED) is 0.763. The number of aliphatic hydroxyl groups is 1. The molecule has 0 aromatic carbocycles. The normalized spacial score (nSPS) is 22.2. The molecule has 0 spiro atoms. The highest BCUT2D eigenvalue weighted by Gasteiger charge is 2.37. The van der Waals surface area contributed by atoms with Gasteiger partial charge < -0.3 is 15.7 Å². The Bertz CT molecular complexity index is 271. The molecule has 1 rings (SSSR count). The van der Waals surface area contributed by atoms with Crippen LogP contribution in [0, 0.1) is 0 Å². The van der Waals surface area contributed by atoms with Gasteiger partial charge in [-0.05, 0) is 26.2 Å². The smallest absolute Gasteiger partial charge is 0.242 e. The lowest BCUT2D eigenvalue weighted by molar-refractivity contribution is -0.138. The number of hydrogen-bond donors (Lipinski definition) is 2. The third-order valence-electron chi connectivity index (χ3n) is 3.67. The van der Waals surface area contributed by atoms with Crippen LogP contribution >= 0.6 is 0 Å². The summed E-state index contributed by atoms with van der Waals surface area (Å²) < 4.78 is 0. The van der Waals surface area contributed by atoms with Crippen LogP contribution in [0.1, 0.15) is 52.4 Å². The average molecular weight is 242 g/mol. The number of hydrogen-bond acceptors (Lipinski definition) is 3. The second-order valence-corrected chi connectivity index (χ2v) is 5.76. The Morgan fingerprint density at radius 3 is 2.47 bits per heavy atom. The van der Waals surface area contributed by atoms with E-state index >= 15 is 0 Å². The van der Waals surface area contributed by atoms with E-state index in [1.807, 2.05) is 6.92 Å². The van der Waals surface area contributed by atoms with Gasteiger partial charge in [0.25, 0.3) is 0 Å². The van der Waals surface area contributed by atoms with Crippen LogP contribution in [0.5, 0.6) is 0 Å². The van der Waals surface area contributed by atoms with E-state index in [0.717, 1.165) is 32.1 Å². The minimum Gasteiger partial charge on any atom is -0.388 e. The van der Waals surface area contributed by atoms with Crippen molar-refractivity contribution in [3.63, 3.8) is 0 Å². The molecule has 0 aromatic heterocycles. The molecule has 1 aliphatic rings. The van der Waals surface area contributed by atoms with Gasteiger partial charge in [0.05, 0.1) is 11.1 Å². The lowest BCUT2D eigenvalue weighted by Gasteiger charge is -2.33. The molecule has 1 aliphatic carbocycles. The van der Waals surface area contributed by atoms with E-state index in [9.17, 15) is 9.90 Å². The molecule has 0 bridgehead atoms. The third kappa shape index (κ3) is 3.68. The zero-order valence-electron chi connectivity index (χ0n) is 11.3. The standard InChI is InChI=1S/C13H26N2O2/c1-4-7-12(2,14)11(16)15(3)10-13(17)8-5-6-9-13/h17H,4-10,14H2,1-3H3. The second-order valence-electron chi connectivity index (χ2n) is 5.76. The van der Waals surface area contributed by atoms with E-state index < -0.39 is 11.1 Å². The van der Waals surface area contributed by atoms with Crippen LogP contribution in [0.3, 0.4) is 0 Å². The van der Waals surface area contributed by atoms with Crippen LogP contribution in [0.15, 0.2) is 0 Å². The first kappa shape index (κ1) is 14.5. The number of nitrogens with zero attached hydrogens (tertiary/aromatic N) is 1. The van der Waals surface area contributed by atoms with Crippen LogP contribution in [-0.2, 0) is 4.79 Å². The Morgan fingerprint density at radius 2 is 2.00 bits per heavy atom. The van der Waals surface area contributed by atoms with Crippen molar-refractivity contribution >= 4 is 5.91 Å². The molecule has 3 N–H and O–H groups in total. The number of amides is 1. The predicted molar refractivity (Wildman–Crippen MR) is 68.6 cm³/mol. The number of nitrogens with two attached hydrogens (primary N) is 1. The largest absolute Gasteiger partial charge is 0.388 e. The summed E-state index contributed by atoms with van der Waals surface area (Å²) in [5, 5.41) is 10.3. The van der Waals surface area contributed by atoms with Crippen molar-refractivity contribution in [3.8, 4) is 0 Å². The van der Waals surface area contributed by atoms with Crippen LogP contribution in [0.4, 0.5) is 0 Å². The maximum Gasteiger partial charge on any atom is 0.242 e. The van der Waals surface area contributed by atoms with Crippen molar-refractivity contribution < 1.29 is 9.90 Å². The Morgan fingerprint density at radius 1 is 1.47 bits per heavy atom. The molecule has 1 fully saturated rings. The Hall–Kier alpha value is -0.610. The van der Waals surface area contributed by atoms with Gasteiger partial charge in [0.15, 0.2) is 0 Å². The van der Waals surface area contributed by atoms with E-state index in [1.54, 1.807) is 18.9 Å². The van der Waals surface area contributed by atoms with Crippen LogP contribution in [-0.4, -0.2) is 40.6 Å². The number of rotatable bonds is 5. The topological polar surface area (TPSA) is 66.6 Å². The monoisotopic (exact) mass is 242 g/mol.